The molecule has 0 aliphatic rings. The van der Waals surface area contributed by atoms with Crippen molar-refractivity contribution in [3.8, 4) is 0 Å². The molecule has 1 rings (SSSR count). The highest BCUT2D eigenvalue weighted by atomic mass is 79.9. The number of carbonyl (C=O) groups is 1. The van der Waals surface area contributed by atoms with Crippen LogP contribution in [0.15, 0.2) is 16.6 Å². The average Bonchev–Trinajstić information content (AvgIpc) is 2.02. The maximum atomic E-state index is 12.9. The van der Waals surface area contributed by atoms with Crippen LogP contribution in [0.5, 0.6) is 0 Å². The van der Waals surface area contributed by atoms with E-state index in [1.54, 1.807) is 0 Å². The second-order valence-electron chi connectivity index (χ2n) is 2.32. The van der Waals surface area contributed by atoms with Crippen molar-refractivity contribution < 1.29 is 19.2 Å². The molecule has 0 fully saturated rings. The third-order valence-electron chi connectivity index (χ3n) is 1.48. The number of rotatable bonds is 2. The minimum atomic E-state index is -1.56. The molecule has 0 aliphatic carbocycles. The van der Waals surface area contributed by atoms with Gasteiger partial charge < -0.3 is 5.11 Å². The quantitative estimate of drug-likeness (QED) is 0.655. The molecular formula is C7H3BrFNO4. The summed E-state index contributed by atoms with van der Waals surface area (Å²) < 4.78 is 12.5. The second kappa shape index (κ2) is 3.70. The molecule has 0 radical (unpaired) electrons. The molecule has 1 aromatic carbocycles. The summed E-state index contributed by atoms with van der Waals surface area (Å²) >= 11 is 2.67. The lowest BCUT2D eigenvalue weighted by Gasteiger charge is -2.00. The van der Waals surface area contributed by atoms with Crippen LogP contribution in [0.3, 0.4) is 0 Å². The third-order valence-corrected chi connectivity index (χ3v) is 2.28. The highest BCUT2D eigenvalue weighted by Gasteiger charge is 2.23. The number of aromatic carboxylic acids is 1. The zero-order valence-corrected chi connectivity index (χ0v) is 8.12. The minimum Gasteiger partial charge on any atom is -0.478 e. The van der Waals surface area contributed by atoms with Crippen molar-refractivity contribution in [2.75, 3.05) is 0 Å². The number of carboxylic acid groups (broad SMARTS) is 1. The Bertz CT molecular complexity index is 420. The van der Waals surface area contributed by atoms with Crippen LogP contribution in [0.25, 0.3) is 0 Å². The molecule has 0 heterocycles. The molecule has 0 atom stereocenters. The first-order valence-electron chi connectivity index (χ1n) is 3.31. The Morgan fingerprint density at radius 2 is 2.14 bits per heavy atom. The molecule has 7 heteroatoms. The normalized spacial score (nSPS) is 9.86. The lowest BCUT2D eigenvalue weighted by Crippen LogP contribution is -2.04. The van der Waals surface area contributed by atoms with E-state index in [0.717, 1.165) is 12.1 Å². The van der Waals surface area contributed by atoms with E-state index in [0.29, 0.717) is 0 Å². The summed E-state index contributed by atoms with van der Waals surface area (Å²) in [5.74, 6) is -2.58. The van der Waals surface area contributed by atoms with E-state index in [2.05, 4.69) is 15.9 Å². The summed E-state index contributed by atoms with van der Waals surface area (Å²) in [6.45, 7) is 0. The monoisotopic (exact) mass is 263 g/mol. The molecule has 0 bridgehead atoms. The largest absolute Gasteiger partial charge is 0.478 e. The molecular weight excluding hydrogens is 261 g/mol. The maximum Gasteiger partial charge on any atom is 0.340 e. The maximum absolute atomic E-state index is 12.9. The summed E-state index contributed by atoms with van der Waals surface area (Å²) in [6, 6.07) is 1.64. The molecule has 74 valence electrons. The van der Waals surface area contributed by atoms with Crippen molar-refractivity contribution >= 4 is 27.6 Å². The number of nitro groups is 1. The van der Waals surface area contributed by atoms with Gasteiger partial charge in [0.2, 0.25) is 0 Å². The fraction of sp³-hybridized carbons (Fsp3) is 0. The SMILES string of the molecule is O=C(O)c1c(F)ccc([N+](=O)[O-])c1Br. The van der Waals surface area contributed by atoms with Gasteiger partial charge in [-0.15, -0.1) is 0 Å². The van der Waals surface area contributed by atoms with Crippen molar-refractivity contribution in [2.45, 2.75) is 0 Å². The first-order chi connectivity index (χ1) is 6.45. The minimum absolute atomic E-state index is 0.366. The van der Waals surface area contributed by atoms with Gasteiger partial charge in [0.05, 0.1) is 4.92 Å². The number of hydrogen-bond donors (Lipinski definition) is 1. The van der Waals surface area contributed by atoms with Crippen LogP contribution in [-0.4, -0.2) is 16.0 Å². The topological polar surface area (TPSA) is 80.4 Å². The number of nitrogens with zero attached hydrogens (tertiary/aromatic N) is 1. The first kappa shape index (κ1) is 10.6. The van der Waals surface area contributed by atoms with Crippen molar-refractivity contribution in [3.05, 3.63) is 38.1 Å². The van der Waals surface area contributed by atoms with Crippen LogP contribution in [-0.2, 0) is 0 Å². The van der Waals surface area contributed by atoms with Gasteiger partial charge in [-0.25, -0.2) is 9.18 Å². The van der Waals surface area contributed by atoms with Gasteiger partial charge in [-0.1, -0.05) is 0 Å². The van der Waals surface area contributed by atoms with Crippen molar-refractivity contribution in [2.24, 2.45) is 0 Å². The van der Waals surface area contributed by atoms with Crippen LogP contribution in [0, 0.1) is 15.9 Å². The fourth-order valence-electron chi connectivity index (χ4n) is 0.879. The molecule has 0 aromatic heterocycles. The van der Waals surface area contributed by atoms with E-state index < -0.39 is 28.0 Å². The van der Waals surface area contributed by atoms with Crippen molar-refractivity contribution in [1.29, 1.82) is 0 Å². The Hall–Kier alpha value is -1.50. The van der Waals surface area contributed by atoms with Gasteiger partial charge in [0.25, 0.3) is 5.69 Å². The highest BCUT2D eigenvalue weighted by Crippen LogP contribution is 2.30. The van der Waals surface area contributed by atoms with E-state index in [-0.39, 0.29) is 4.47 Å². The van der Waals surface area contributed by atoms with Crippen molar-refractivity contribution in [3.63, 3.8) is 0 Å². The summed E-state index contributed by atoms with van der Waals surface area (Å²) in [5.41, 5.74) is -1.22. The van der Waals surface area contributed by atoms with E-state index in [9.17, 15) is 19.3 Å². The summed E-state index contributed by atoms with van der Waals surface area (Å²) in [4.78, 5) is 20.1. The lowest BCUT2D eigenvalue weighted by atomic mass is 10.2. The van der Waals surface area contributed by atoms with Crippen LogP contribution in [0.2, 0.25) is 0 Å². The lowest BCUT2D eigenvalue weighted by molar-refractivity contribution is -0.385. The second-order valence-corrected chi connectivity index (χ2v) is 3.11. The van der Waals surface area contributed by atoms with Gasteiger partial charge >= 0.3 is 5.97 Å². The summed E-state index contributed by atoms with van der Waals surface area (Å²) in [6.07, 6.45) is 0. The number of nitro benzene ring substituents is 1. The predicted octanol–water partition coefficient (Wildman–Crippen LogP) is 2.19. The van der Waals surface area contributed by atoms with Gasteiger partial charge in [0.1, 0.15) is 15.9 Å². The van der Waals surface area contributed by atoms with Gasteiger partial charge in [-0.2, -0.15) is 0 Å². The smallest absolute Gasteiger partial charge is 0.340 e. The van der Waals surface area contributed by atoms with Crippen LogP contribution in [0.1, 0.15) is 10.4 Å². The van der Waals surface area contributed by atoms with Gasteiger partial charge in [-0.05, 0) is 22.0 Å². The van der Waals surface area contributed by atoms with Crippen LogP contribution >= 0.6 is 15.9 Å². The van der Waals surface area contributed by atoms with Crippen molar-refractivity contribution in [1.82, 2.24) is 0 Å². The van der Waals surface area contributed by atoms with E-state index in [4.69, 9.17) is 5.11 Å². The zero-order chi connectivity index (χ0) is 10.9. The molecule has 0 saturated heterocycles. The molecule has 0 saturated carbocycles. The Labute approximate surface area is 85.4 Å². The molecule has 14 heavy (non-hydrogen) atoms. The Kier molecular flexibility index (Phi) is 2.80. The molecule has 1 N–H and O–H groups in total. The number of hydrogen-bond acceptors (Lipinski definition) is 3. The molecule has 0 aliphatic heterocycles. The van der Waals surface area contributed by atoms with E-state index in [1.165, 1.54) is 0 Å². The Balaban J connectivity index is 3.49. The Morgan fingerprint density at radius 1 is 1.57 bits per heavy atom. The van der Waals surface area contributed by atoms with E-state index in [1.807, 2.05) is 0 Å². The highest BCUT2D eigenvalue weighted by molar-refractivity contribution is 9.10. The fourth-order valence-corrected chi connectivity index (χ4v) is 1.51. The summed E-state index contributed by atoms with van der Waals surface area (Å²) in [7, 11) is 0. The molecule has 0 spiro atoms. The Morgan fingerprint density at radius 3 is 2.57 bits per heavy atom. The van der Waals surface area contributed by atoms with Gasteiger partial charge in [-0.3, -0.25) is 10.1 Å². The average molecular weight is 264 g/mol. The molecule has 1 aromatic rings. The number of benzene rings is 1. The van der Waals surface area contributed by atoms with Gasteiger partial charge in [0.15, 0.2) is 0 Å². The molecule has 5 nitrogen and oxygen atoms in total. The molecule has 0 unspecified atom stereocenters. The van der Waals surface area contributed by atoms with Crippen LogP contribution in [0.4, 0.5) is 10.1 Å². The first-order valence-corrected chi connectivity index (χ1v) is 4.10. The third kappa shape index (κ3) is 1.72. The molecule has 0 amide bonds. The number of carboxylic acids is 1. The van der Waals surface area contributed by atoms with E-state index >= 15 is 0 Å². The zero-order valence-electron chi connectivity index (χ0n) is 6.53. The van der Waals surface area contributed by atoms with Gasteiger partial charge in [0, 0.05) is 6.07 Å². The van der Waals surface area contributed by atoms with Crippen LogP contribution < -0.4 is 0 Å². The predicted molar refractivity (Wildman–Crippen MR) is 47.7 cm³/mol. The number of halogens is 2. The summed E-state index contributed by atoms with van der Waals surface area (Å²) in [5, 5.41) is 18.9. The standard InChI is InChI=1S/C7H3BrFNO4/c8-6-4(10(13)14)2-1-3(9)5(6)7(11)12/h1-2H,(H,11,12).